The van der Waals surface area contributed by atoms with Crippen LogP contribution in [0.1, 0.15) is 6.92 Å². The monoisotopic (exact) mass is 355 g/mol. The Morgan fingerprint density at radius 2 is 2.05 bits per heavy atom. The molecule has 0 saturated carbocycles. The normalized spacial score (nSPS) is 10.0. The number of amides is 1. The molecule has 4 nitrogen and oxygen atoms in total. The number of thiocarbonyl (C=S) groups is 1. The molecule has 19 heavy (non-hydrogen) atoms. The summed E-state index contributed by atoms with van der Waals surface area (Å²) in [6, 6.07) is 7.89. The maximum Gasteiger partial charge on any atom is 0.222 e. The fourth-order valence-corrected chi connectivity index (χ4v) is 2.67. The van der Waals surface area contributed by atoms with Gasteiger partial charge in [-0.2, -0.15) is 0 Å². The van der Waals surface area contributed by atoms with E-state index in [0.29, 0.717) is 5.13 Å². The molecule has 0 saturated heterocycles. The SMILES string of the molecule is CC(=O)NC(=S)Nc1nc(-c2ccc(Br)cc2)cs1. The van der Waals surface area contributed by atoms with Crippen LogP contribution in [0.2, 0.25) is 0 Å². The van der Waals surface area contributed by atoms with Gasteiger partial charge < -0.3 is 10.6 Å². The second-order valence-corrected chi connectivity index (χ2v) is 5.86. The number of anilines is 1. The standard InChI is InChI=1S/C12H10BrN3OS2/c1-7(17)14-11(18)16-12-15-10(6-19-12)8-2-4-9(13)5-3-8/h2-6H,1H3,(H2,14,15,16,17,18). The number of rotatable bonds is 2. The molecule has 1 aromatic heterocycles. The Balaban J connectivity index is 2.09. The van der Waals surface area contributed by atoms with Gasteiger partial charge in [0.1, 0.15) is 0 Å². The van der Waals surface area contributed by atoms with Gasteiger partial charge in [-0.25, -0.2) is 4.98 Å². The first kappa shape index (κ1) is 14.1. The first-order chi connectivity index (χ1) is 9.04. The third kappa shape index (κ3) is 4.09. The molecule has 0 bridgehead atoms. The first-order valence-corrected chi connectivity index (χ1v) is 7.43. The van der Waals surface area contributed by atoms with Gasteiger partial charge in [-0.1, -0.05) is 28.1 Å². The Bertz CT molecular complexity index is 610. The van der Waals surface area contributed by atoms with Crippen molar-refractivity contribution >= 4 is 55.6 Å². The summed E-state index contributed by atoms with van der Waals surface area (Å²) in [5.41, 5.74) is 1.89. The lowest BCUT2D eigenvalue weighted by atomic mass is 10.2. The number of nitrogens with one attached hydrogen (secondary N) is 2. The summed E-state index contributed by atoms with van der Waals surface area (Å²) in [7, 11) is 0. The summed E-state index contributed by atoms with van der Waals surface area (Å²) in [4.78, 5) is 15.3. The van der Waals surface area contributed by atoms with Crippen LogP contribution in [0.25, 0.3) is 11.3 Å². The molecular formula is C12H10BrN3OS2. The van der Waals surface area contributed by atoms with E-state index in [4.69, 9.17) is 12.2 Å². The van der Waals surface area contributed by atoms with Crippen LogP contribution in [0.15, 0.2) is 34.1 Å². The van der Waals surface area contributed by atoms with E-state index >= 15 is 0 Å². The smallest absolute Gasteiger partial charge is 0.222 e. The average molecular weight is 356 g/mol. The van der Waals surface area contributed by atoms with Crippen molar-refractivity contribution in [2.45, 2.75) is 6.92 Å². The molecule has 7 heteroatoms. The topological polar surface area (TPSA) is 54.0 Å². The van der Waals surface area contributed by atoms with E-state index in [0.717, 1.165) is 15.7 Å². The highest BCUT2D eigenvalue weighted by atomic mass is 79.9. The Hall–Kier alpha value is -1.31. The molecule has 98 valence electrons. The third-order valence-electron chi connectivity index (χ3n) is 2.15. The largest absolute Gasteiger partial charge is 0.308 e. The minimum atomic E-state index is -0.206. The van der Waals surface area contributed by atoms with Gasteiger partial charge in [0.15, 0.2) is 10.2 Å². The third-order valence-corrected chi connectivity index (χ3v) is 3.64. The maximum absolute atomic E-state index is 10.8. The molecule has 0 aliphatic carbocycles. The minimum Gasteiger partial charge on any atom is -0.308 e. The molecule has 1 heterocycles. The summed E-state index contributed by atoms with van der Waals surface area (Å²) in [5, 5.41) is 8.20. The van der Waals surface area contributed by atoms with Crippen molar-refractivity contribution in [1.29, 1.82) is 0 Å². The van der Waals surface area contributed by atoms with Gasteiger partial charge in [-0.3, -0.25) is 4.79 Å². The molecule has 2 aromatic rings. The van der Waals surface area contributed by atoms with E-state index in [9.17, 15) is 4.79 Å². The Morgan fingerprint density at radius 3 is 2.68 bits per heavy atom. The van der Waals surface area contributed by atoms with Crippen molar-refractivity contribution in [3.8, 4) is 11.3 Å². The molecule has 0 spiro atoms. The molecule has 0 aliphatic rings. The van der Waals surface area contributed by atoms with Gasteiger partial charge in [0.2, 0.25) is 5.91 Å². The van der Waals surface area contributed by atoms with Gasteiger partial charge in [-0.15, -0.1) is 11.3 Å². The first-order valence-electron chi connectivity index (χ1n) is 5.34. The summed E-state index contributed by atoms with van der Waals surface area (Å²) in [5.74, 6) is -0.206. The van der Waals surface area contributed by atoms with Crippen LogP contribution < -0.4 is 10.6 Å². The minimum absolute atomic E-state index is 0.206. The molecular weight excluding hydrogens is 346 g/mol. The number of aromatic nitrogens is 1. The second-order valence-electron chi connectivity index (χ2n) is 3.68. The second kappa shape index (κ2) is 6.23. The van der Waals surface area contributed by atoms with E-state index in [-0.39, 0.29) is 11.0 Å². The molecule has 0 fully saturated rings. The van der Waals surface area contributed by atoms with Crippen molar-refractivity contribution in [2.75, 3.05) is 5.32 Å². The van der Waals surface area contributed by atoms with E-state index in [1.54, 1.807) is 0 Å². The van der Waals surface area contributed by atoms with Gasteiger partial charge in [0.25, 0.3) is 0 Å². The van der Waals surface area contributed by atoms with Crippen molar-refractivity contribution in [3.05, 3.63) is 34.1 Å². The highest BCUT2D eigenvalue weighted by molar-refractivity contribution is 9.10. The van der Waals surface area contributed by atoms with Gasteiger partial charge in [0.05, 0.1) is 5.69 Å². The molecule has 2 rings (SSSR count). The zero-order chi connectivity index (χ0) is 13.8. The molecule has 0 aliphatic heterocycles. The maximum atomic E-state index is 10.8. The van der Waals surface area contributed by atoms with E-state index in [1.165, 1.54) is 18.3 Å². The van der Waals surface area contributed by atoms with E-state index in [2.05, 4.69) is 31.5 Å². The van der Waals surface area contributed by atoms with Crippen LogP contribution in [-0.4, -0.2) is 16.0 Å². The lowest BCUT2D eigenvalue weighted by Gasteiger charge is -2.03. The predicted octanol–water partition coefficient (Wildman–Crippen LogP) is 3.41. The molecule has 0 unspecified atom stereocenters. The lowest BCUT2D eigenvalue weighted by Crippen LogP contribution is -2.32. The number of carbonyl (C=O) groups is 1. The average Bonchev–Trinajstić information content (AvgIpc) is 2.77. The number of thiazole rings is 1. The molecule has 0 atom stereocenters. The highest BCUT2D eigenvalue weighted by Crippen LogP contribution is 2.25. The van der Waals surface area contributed by atoms with E-state index in [1.807, 2.05) is 29.6 Å². The van der Waals surface area contributed by atoms with Crippen molar-refractivity contribution in [3.63, 3.8) is 0 Å². The van der Waals surface area contributed by atoms with Crippen LogP contribution in [0.3, 0.4) is 0 Å². The summed E-state index contributed by atoms with van der Waals surface area (Å²) in [6.07, 6.45) is 0. The summed E-state index contributed by atoms with van der Waals surface area (Å²) in [6.45, 7) is 1.41. The number of carbonyl (C=O) groups excluding carboxylic acids is 1. The van der Waals surface area contributed by atoms with Crippen molar-refractivity contribution < 1.29 is 4.79 Å². The molecule has 1 amide bonds. The number of nitrogens with zero attached hydrogens (tertiary/aromatic N) is 1. The predicted molar refractivity (Wildman–Crippen MR) is 85.3 cm³/mol. The van der Waals surface area contributed by atoms with Crippen LogP contribution in [0, 0.1) is 0 Å². The van der Waals surface area contributed by atoms with Gasteiger partial charge in [0, 0.05) is 22.3 Å². The Kier molecular flexibility index (Phi) is 4.62. The number of hydrogen-bond donors (Lipinski definition) is 2. The summed E-state index contributed by atoms with van der Waals surface area (Å²) >= 11 is 9.80. The molecule has 2 N–H and O–H groups in total. The number of halogens is 1. The molecule has 0 radical (unpaired) electrons. The van der Waals surface area contributed by atoms with Gasteiger partial charge >= 0.3 is 0 Å². The van der Waals surface area contributed by atoms with E-state index < -0.39 is 0 Å². The zero-order valence-corrected chi connectivity index (χ0v) is 13.2. The Labute approximate surface area is 128 Å². The molecule has 1 aromatic carbocycles. The Morgan fingerprint density at radius 1 is 1.37 bits per heavy atom. The van der Waals surface area contributed by atoms with Crippen LogP contribution in [-0.2, 0) is 4.79 Å². The highest BCUT2D eigenvalue weighted by Gasteiger charge is 2.06. The van der Waals surface area contributed by atoms with Crippen molar-refractivity contribution in [1.82, 2.24) is 10.3 Å². The summed E-state index contributed by atoms with van der Waals surface area (Å²) < 4.78 is 1.02. The van der Waals surface area contributed by atoms with Crippen LogP contribution in [0.4, 0.5) is 5.13 Å². The fraction of sp³-hybridized carbons (Fsp3) is 0.0833. The van der Waals surface area contributed by atoms with Crippen LogP contribution >= 0.6 is 39.5 Å². The van der Waals surface area contributed by atoms with Gasteiger partial charge in [-0.05, 0) is 24.4 Å². The number of benzene rings is 1. The number of hydrogen-bond acceptors (Lipinski definition) is 4. The van der Waals surface area contributed by atoms with Crippen molar-refractivity contribution in [2.24, 2.45) is 0 Å². The zero-order valence-electron chi connectivity index (χ0n) is 9.94. The van der Waals surface area contributed by atoms with Crippen LogP contribution in [0.5, 0.6) is 0 Å². The lowest BCUT2D eigenvalue weighted by molar-refractivity contribution is -0.117. The quantitative estimate of drug-likeness (QED) is 0.810. The fourth-order valence-electron chi connectivity index (χ4n) is 1.37.